The van der Waals surface area contributed by atoms with Crippen LogP contribution in [0.1, 0.15) is 67.4 Å². The highest BCUT2D eigenvalue weighted by atomic mass is 16.5. The van der Waals surface area contributed by atoms with Crippen LogP contribution in [0.15, 0.2) is 9.05 Å². The van der Waals surface area contributed by atoms with Gasteiger partial charge in [-0.3, -0.25) is 0 Å². The second-order valence-electron chi connectivity index (χ2n) is 6.79. The van der Waals surface area contributed by atoms with Gasteiger partial charge in [0.15, 0.2) is 11.6 Å². The van der Waals surface area contributed by atoms with Gasteiger partial charge in [-0.05, 0) is 45.6 Å². The zero-order chi connectivity index (χ0) is 15.8. The Morgan fingerprint density at radius 2 is 1.52 bits per heavy atom. The average molecular weight is 317 g/mol. The van der Waals surface area contributed by atoms with E-state index in [1.54, 1.807) is 0 Å². The molecule has 0 radical (unpaired) electrons. The van der Waals surface area contributed by atoms with Crippen LogP contribution >= 0.6 is 0 Å². The van der Waals surface area contributed by atoms with Crippen molar-refractivity contribution in [3.8, 4) is 0 Å². The molecule has 0 bridgehead atoms. The third-order valence-electron chi connectivity index (χ3n) is 5.27. The first-order chi connectivity index (χ1) is 11.2. The summed E-state index contributed by atoms with van der Waals surface area (Å²) in [6.07, 6.45) is 5.80. The second kappa shape index (κ2) is 6.03. The maximum Gasteiger partial charge on any atom is 0.231 e. The molecule has 0 aromatic carbocycles. The van der Waals surface area contributed by atoms with Crippen molar-refractivity contribution in [3.63, 3.8) is 0 Å². The lowest BCUT2D eigenvalue weighted by atomic mass is 9.72. The minimum Gasteiger partial charge on any atom is -0.339 e. The molecule has 1 N–H and O–H groups in total. The molecule has 0 amide bonds. The largest absolute Gasteiger partial charge is 0.339 e. The summed E-state index contributed by atoms with van der Waals surface area (Å²) in [5.41, 5.74) is 0. The Morgan fingerprint density at radius 1 is 0.870 bits per heavy atom. The Bertz CT molecular complexity index is 667. The standard InChI is InChI=1S/C16H23N5O2/c1-9-18-15(22-20-9)12-6-4-3-5-11(12)14-13(7-8-17-14)16-19-10(2)21-23-16/h11-14,17H,3-8H2,1-2H3. The van der Waals surface area contributed by atoms with E-state index in [2.05, 4.69) is 25.6 Å². The zero-order valence-corrected chi connectivity index (χ0v) is 13.7. The number of hydrogen-bond donors (Lipinski definition) is 1. The van der Waals surface area contributed by atoms with E-state index in [0.717, 1.165) is 31.2 Å². The molecule has 1 aliphatic carbocycles. The number of nitrogens with one attached hydrogen (secondary N) is 1. The first kappa shape index (κ1) is 14.8. The molecule has 23 heavy (non-hydrogen) atoms. The smallest absolute Gasteiger partial charge is 0.231 e. The van der Waals surface area contributed by atoms with Crippen molar-refractivity contribution in [2.75, 3.05) is 6.54 Å². The van der Waals surface area contributed by atoms with Crippen molar-refractivity contribution >= 4 is 0 Å². The highest BCUT2D eigenvalue weighted by Gasteiger charge is 2.43. The molecule has 1 saturated carbocycles. The molecule has 4 rings (SSSR count). The van der Waals surface area contributed by atoms with Gasteiger partial charge in [0.1, 0.15) is 0 Å². The van der Waals surface area contributed by atoms with Gasteiger partial charge in [-0.25, -0.2) is 0 Å². The molecule has 2 fully saturated rings. The van der Waals surface area contributed by atoms with Gasteiger partial charge >= 0.3 is 0 Å². The van der Waals surface area contributed by atoms with E-state index >= 15 is 0 Å². The molecular weight excluding hydrogens is 294 g/mol. The molecule has 7 heteroatoms. The molecule has 7 nitrogen and oxygen atoms in total. The highest BCUT2D eigenvalue weighted by Crippen LogP contribution is 2.44. The lowest BCUT2D eigenvalue weighted by molar-refractivity contribution is 0.188. The van der Waals surface area contributed by atoms with Crippen molar-refractivity contribution in [3.05, 3.63) is 23.4 Å². The van der Waals surface area contributed by atoms with E-state index < -0.39 is 0 Å². The van der Waals surface area contributed by atoms with Crippen molar-refractivity contribution < 1.29 is 9.05 Å². The van der Waals surface area contributed by atoms with Crippen molar-refractivity contribution in [2.45, 2.75) is 63.8 Å². The number of aryl methyl sites for hydroxylation is 2. The van der Waals surface area contributed by atoms with Gasteiger partial charge in [-0.2, -0.15) is 9.97 Å². The van der Waals surface area contributed by atoms with Crippen molar-refractivity contribution in [1.29, 1.82) is 0 Å². The third kappa shape index (κ3) is 2.78. The van der Waals surface area contributed by atoms with E-state index in [4.69, 9.17) is 9.05 Å². The van der Waals surface area contributed by atoms with Gasteiger partial charge in [0.2, 0.25) is 11.8 Å². The summed E-state index contributed by atoms with van der Waals surface area (Å²) >= 11 is 0. The number of nitrogens with zero attached hydrogens (tertiary/aromatic N) is 4. The highest BCUT2D eigenvalue weighted by molar-refractivity contribution is 5.10. The Labute approximate surface area is 135 Å². The van der Waals surface area contributed by atoms with Crippen LogP contribution in [-0.2, 0) is 0 Å². The SMILES string of the molecule is Cc1noc(C2CCCCC2C2NCCC2c2nc(C)no2)n1. The van der Waals surface area contributed by atoms with Crippen LogP contribution < -0.4 is 5.32 Å². The summed E-state index contributed by atoms with van der Waals surface area (Å²) < 4.78 is 11.0. The van der Waals surface area contributed by atoms with Crippen molar-refractivity contribution in [2.24, 2.45) is 5.92 Å². The number of hydrogen-bond acceptors (Lipinski definition) is 7. The van der Waals surface area contributed by atoms with Crippen LogP contribution in [0.3, 0.4) is 0 Å². The molecule has 4 atom stereocenters. The maximum atomic E-state index is 5.50. The minimum atomic E-state index is 0.283. The van der Waals surface area contributed by atoms with E-state index in [1.807, 2.05) is 13.8 Å². The molecule has 1 aliphatic heterocycles. The maximum absolute atomic E-state index is 5.50. The summed E-state index contributed by atoms with van der Waals surface area (Å²) in [6.45, 7) is 4.74. The molecule has 2 aromatic heterocycles. The van der Waals surface area contributed by atoms with Gasteiger partial charge in [-0.1, -0.05) is 23.2 Å². The normalized spacial score (nSPS) is 31.6. The first-order valence-corrected chi connectivity index (χ1v) is 8.56. The van der Waals surface area contributed by atoms with E-state index in [-0.39, 0.29) is 5.92 Å². The Morgan fingerprint density at radius 3 is 2.17 bits per heavy atom. The topological polar surface area (TPSA) is 89.9 Å². The molecule has 3 heterocycles. The fraction of sp³-hybridized carbons (Fsp3) is 0.750. The predicted octanol–water partition coefficient (Wildman–Crippen LogP) is 2.49. The molecule has 124 valence electrons. The van der Waals surface area contributed by atoms with Gasteiger partial charge in [0.05, 0.1) is 5.92 Å². The fourth-order valence-electron chi connectivity index (χ4n) is 4.28. The summed E-state index contributed by atoms with van der Waals surface area (Å²) in [6, 6.07) is 0.340. The quantitative estimate of drug-likeness (QED) is 0.930. The second-order valence-corrected chi connectivity index (χ2v) is 6.79. The summed E-state index contributed by atoms with van der Waals surface area (Å²) in [7, 11) is 0. The average Bonchev–Trinajstić information content (AvgIpc) is 3.27. The van der Waals surface area contributed by atoms with E-state index in [9.17, 15) is 0 Å². The van der Waals surface area contributed by atoms with Crippen LogP contribution in [0.5, 0.6) is 0 Å². The summed E-state index contributed by atoms with van der Waals surface area (Å²) in [5.74, 6) is 4.07. The monoisotopic (exact) mass is 317 g/mol. The molecule has 0 spiro atoms. The minimum absolute atomic E-state index is 0.283. The lowest BCUT2D eigenvalue weighted by Crippen LogP contribution is -2.39. The Hall–Kier alpha value is -1.76. The zero-order valence-electron chi connectivity index (χ0n) is 13.7. The number of rotatable bonds is 3. The first-order valence-electron chi connectivity index (χ1n) is 8.56. The van der Waals surface area contributed by atoms with Gasteiger partial charge < -0.3 is 14.4 Å². The van der Waals surface area contributed by atoms with Crippen LogP contribution in [0.4, 0.5) is 0 Å². The van der Waals surface area contributed by atoms with Gasteiger partial charge in [-0.15, -0.1) is 0 Å². The molecule has 2 aliphatic rings. The summed E-state index contributed by atoms with van der Waals surface area (Å²) in [4.78, 5) is 8.97. The predicted molar refractivity (Wildman–Crippen MR) is 81.9 cm³/mol. The summed E-state index contributed by atoms with van der Waals surface area (Å²) in [5, 5.41) is 11.6. The third-order valence-corrected chi connectivity index (χ3v) is 5.27. The van der Waals surface area contributed by atoms with Crippen LogP contribution in [0.25, 0.3) is 0 Å². The van der Waals surface area contributed by atoms with Gasteiger partial charge in [0, 0.05) is 12.0 Å². The van der Waals surface area contributed by atoms with Gasteiger partial charge in [0.25, 0.3) is 0 Å². The molecular formula is C16H23N5O2. The fourth-order valence-corrected chi connectivity index (χ4v) is 4.28. The van der Waals surface area contributed by atoms with E-state index in [0.29, 0.717) is 29.5 Å². The molecule has 4 unspecified atom stereocenters. The van der Waals surface area contributed by atoms with E-state index in [1.165, 1.54) is 19.3 Å². The van der Waals surface area contributed by atoms with Crippen LogP contribution in [-0.4, -0.2) is 32.9 Å². The van der Waals surface area contributed by atoms with Crippen molar-refractivity contribution in [1.82, 2.24) is 25.6 Å². The lowest BCUT2D eigenvalue weighted by Gasteiger charge is -2.35. The Balaban J connectivity index is 1.60. The molecule has 1 saturated heterocycles. The van der Waals surface area contributed by atoms with Crippen LogP contribution in [0.2, 0.25) is 0 Å². The Kier molecular flexibility index (Phi) is 3.88. The number of aromatic nitrogens is 4. The van der Waals surface area contributed by atoms with Crippen LogP contribution in [0, 0.1) is 19.8 Å². The molecule has 2 aromatic rings.